The average Bonchev–Trinajstić information content (AvgIpc) is 2.10. The second-order valence-corrected chi connectivity index (χ2v) is 4.74. The van der Waals surface area contributed by atoms with E-state index < -0.39 is 0 Å². The van der Waals surface area contributed by atoms with E-state index >= 15 is 0 Å². The fourth-order valence-corrected chi connectivity index (χ4v) is 1.05. The molecular weight excluding hydrogens is 588 g/mol. The van der Waals surface area contributed by atoms with Crippen molar-refractivity contribution >= 4 is 34.7 Å². The van der Waals surface area contributed by atoms with Crippen molar-refractivity contribution in [2.24, 2.45) is 0 Å². The Hall–Kier alpha value is 1.21. The normalized spacial score (nSPS) is 6.44. The van der Waals surface area contributed by atoms with Crippen molar-refractivity contribution in [3.63, 3.8) is 0 Å². The Balaban J connectivity index is -0.0000000231. The third-order valence-corrected chi connectivity index (χ3v) is 1.49. The number of rotatable bonds is 6. The summed E-state index contributed by atoms with van der Waals surface area (Å²) in [6, 6.07) is 0. The summed E-state index contributed by atoms with van der Waals surface area (Å²) in [7, 11) is 0. The molecule has 0 rings (SSSR count). The Morgan fingerprint density at radius 1 is 0.370 bits per heavy atom. The number of carbonyl (C=O) groups is 6. The van der Waals surface area contributed by atoms with Crippen molar-refractivity contribution in [1.82, 2.24) is 0 Å². The summed E-state index contributed by atoms with van der Waals surface area (Å²) >= 11 is 0. The van der Waals surface area contributed by atoms with Gasteiger partial charge in [0.1, 0.15) is 34.7 Å². The first-order valence-corrected chi connectivity index (χ1v) is 6.35. The van der Waals surface area contributed by atoms with Gasteiger partial charge >= 0.3 is 17.4 Å². The molecule has 0 bridgehead atoms. The van der Waals surface area contributed by atoms with Crippen LogP contribution in [0.3, 0.4) is 0 Å². The average molecular weight is 612 g/mol. The van der Waals surface area contributed by atoms with Crippen molar-refractivity contribution < 1.29 is 133 Å². The molecule has 12 heteroatoms. The van der Waals surface area contributed by atoms with Crippen LogP contribution in [-0.2, 0) is 133 Å². The van der Waals surface area contributed by atoms with Gasteiger partial charge in [-0.05, 0) is 41.5 Å². The molecule has 150 valence electrons. The van der Waals surface area contributed by atoms with Crippen LogP contribution in [0.2, 0.25) is 0 Å². The summed E-state index contributed by atoms with van der Waals surface area (Å²) in [5, 5.41) is 0. The first-order valence-electron chi connectivity index (χ1n) is 6.35. The van der Waals surface area contributed by atoms with E-state index in [1.165, 1.54) is 41.5 Å². The molecule has 0 spiro atoms. The zero-order valence-electron chi connectivity index (χ0n) is 16.0. The Labute approximate surface area is 226 Å². The van der Waals surface area contributed by atoms with E-state index in [0.717, 1.165) is 0 Å². The SMILES string of the molecule is CC(=O)CC(C)=O.CC(=O)CC(C)=O.CC(=O)CC(C)=O.[Cr+6].[Cr].[Cr].[Cr].[Cr].[Cr]. The summed E-state index contributed by atoms with van der Waals surface area (Å²) in [6.07, 6.45) is 0.250. The predicted molar refractivity (Wildman–Crippen MR) is 77.9 cm³/mol. The van der Waals surface area contributed by atoms with Gasteiger partial charge < -0.3 is 0 Å². The van der Waals surface area contributed by atoms with Gasteiger partial charge in [0.2, 0.25) is 0 Å². The third kappa shape index (κ3) is 99.1. The van der Waals surface area contributed by atoms with Crippen LogP contribution in [0.25, 0.3) is 0 Å². The van der Waals surface area contributed by atoms with Crippen LogP contribution < -0.4 is 0 Å². The molecule has 0 aliphatic carbocycles. The van der Waals surface area contributed by atoms with Crippen LogP contribution in [0.1, 0.15) is 60.8 Å². The third-order valence-electron chi connectivity index (χ3n) is 1.49. The molecule has 0 N–H and O–H groups in total. The largest absolute Gasteiger partial charge is 6.00 e. The first kappa shape index (κ1) is 56.6. The van der Waals surface area contributed by atoms with Crippen LogP contribution >= 0.6 is 0 Å². The molecule has 0 aromatic heterocycles. The molecule has 0 radical (unpaired) electrons. The van der Waals surface area contributed by atoms with Gasteiger partial charge in [-0.15, -0.1) is 0 Å². The Morgan fingerprint density at radius 2 is 0.444 bits per heavy atom. The van der Waals surface area contributed by atoms with Crippen LogP contribution in [0.4, 0.5) is 0 Å². The van der Waals surface area contributed by atoms with Crippen LogP contribution in [0.5, 0.6) is 0 Å². The second kappa shape index (κ2) is 37.9. The predicted octanol–water partition coefficient (Wildman–Crippen LogP) is 1.65. The fraction of sp³-hybridized carbons (Fsp3) is 0.600. The van der Waals surface area contributed by atoms with E-state index in [1.807, 2.05) is 0 Å². The van der Waals surface area contributed by atoms with Crippen molar-refractivity contribution in [2.45, 2.75) is 60.8 Å². The van der Waals surface area contributed by atoms with Crippen molar-refractivity contribution in [3.8, 4) is 0 Å². The smallest absolute Gasteiger partial charge is 0.300 e. The zero-order chi connectivity index (χ0) is 17.6. The molecule has 0 aliphatic rings. The van der Waals surface area contributed by atoms with Gasteiger partial charge in [0.05, 0.1) is 19.3 Å². The molecule has 0 amide bonds. The number of carbonyl (C=O) groups excluding carboxylic acids is 6. The van der Waals surface area contributed by atoms with E-state index in [-0.39, 0.29) is 158 Å². The minimum absolute atomic E-state index is 0. The van der Waals surface area contributed by atoms with Gasteiger partial charge in [-0.25, -0.2) is 0 Å². The summed E-state index contributed by atoms with van der Waals surface area (Å²) in [6.45, 7) is 8.42. The molecule has 0 aromatic carbocycles. The molecule has 0 saturated carbocycles. The zero-order valence-corrected chi connectivity index (χ0v) is 23.7. The van der Waals surface area contributed by atoms with Crippen molar-refractivity contribution in [2.75, 3.05) is 0 Å². The maximum atomic E-state index is 10.0. The number of ketones is 6. The van der Waals surface area contributed by atoms with E-state index in [2.05, 4.69) is 0 Å². The molecular formula is C15H24Cr6O6+6. The van der Waals surface area contributed by atoms with E-state index in [1.54, 1.807) is 0 Å². The monoisotopic (exact) mass is 612 g/mol. The van der Waals surface area contributed by atoms with Crippen LogP contribution in [0, 0.1) is 0 Å². The van der Waals surface area contributed by atoms with Crippen LogP contribution in [-0.4, -0.2) is 34.7 Å². The maximum absolute atomic E-state index is 10.0. The van der Waals surface area contributed by atoms with Gasteiger partial charge in [0, 0.05) is 86.8 Å². The Bertz CT molecular complexity index is 329. The Morgan fingerprint density at radius 3 is 0.444 bits per heavy atom. The fourth-order valence-electron chi connectivity index (χ4n) is 1.05. The number of hydrogen-bond acceptors (Lipinski definition) is 6. The quantitative estimate of drug-likeness (QED) is 0.423. The second-order valence-electron chi connectivity index (χ2n) is 4.74. The van der Waals surface area contributed by atoms with Gasteiger partial charge in [-0.3, -0.25) is 28.8 Å². The first-order chi connectivity index (χ1) is 9.38. The summed E-state index contributed by atoms with van der Waals surface area (Å²) in [5.74, 6) is -0.375. The van der Waals surface area contributed by atoms with Crippen LogP contribution in [0.15, 0.2) is 0 Å². The van der Waals surface area contributed by atoms with E-state index in [4.69, 9.17) is 0 Å². The standard InChI is InChI=1S/3C5H8O2.6Cr/c3*1-4(6)3-5(2)7;;;;;;/h3*3H2,1-2H3;;;;;;/q;;;;;;;;+6. The molecule has 0 aromatic rings. The van der Waals surface area contributed by atoms with Gasteiger partial charge in [0.15, 0.2) is 0 Å². The molecule has 0 atom stereocenters. The summed E-state index contributed by atoms with van der Waals surface area (Å²) in [4.78, 5) is 60.2. The molecule has 0 heterocycles. The van der Waals surface area contributed by atoms with Crippen molar-refractivity contribution in [1.29, 1.82) is 0 Å². The van der Waals surface area contributed by atoms with E-state index in [9.17, 15) is 28.8 Å². The molecule has 0 unspecified atom stereocenters. The number of Topliss-reactive ketones (excluding diaryl/α,β-unsaturated/α-hetero) is 6. The van der Waals surface area contributed by atoms with Gasteiger partial charge in [0.25, 0.3) is 0 Å². The van der Waals surface area contributed by atoms with Gasteiger partial charge in [-0.1, -0.05) is 0 Å². The summed E-state index contributed by atoms with van der Waals surface area (Å²) in [5.41, 5.74) is 0. The minimum Gasteiger partial charge on any atom is -0.300 e. The van der Waals surface area contributed by atoms with E-state index in [0.29, 0.717) is 0 Å². The molecule has 27 heavy (non-hydrogen) atoms. The minimum atomic E-state index is -0.0625. The molecule has 6 nitrogen and oxygen atoms in total. The van der Waals surface area contributed by atoms with Gasteiger partial charge in [-0.2, -0.15) is 0 Å². The topological polar surface area (TPSA) is 102 Å². The number of hydrogen-bond donors (Lipinski definition) is 0. The van der Waals surface area contributed by atoms with Crippen molar-refractivity contribution in [3.05, 3.63) is 0 Å². The summed E-state index contributed by atoms with van der Waals surface area (Å²) < 4.78 is 0. The molecule has 0 fully saturated rings. The molecule has 0 saturated heterocycles. The Kier molecular flexibility index (Phi) is 79.4. The molecule has 0 aliphatic heterocycles. The maximum Gasteiger partial charge on any atom is 6.00 e.